The van der Waals surface area contributed by atoms with E-state index in [4.69, 9.17) is 4.52 Å². The molecule has 0 fully saturated rings. The average Bonchev–Trinajstić information content (AvgIpc) is 2.92. The van der Waals surface area contributed by atoms with Crippen LogP contribution in [0, 0.1) is 5.21 Å². The summed E-state index contributed by atoms with van der Waals surface area (Å²) in [7, 11) is 0. The standard InChI is InChI=1S/C19H13NO3/c21-17-11-10-14(13-6-2-1-3-7-13)12-16(17)19-15-8-4-5-9-18(15)23-20(19)22/h1-12,21H. The molecule has 1 heterocycles. The lowest BCUT2D eigenvalue weighted by Crippen LogP contribution is -2.24. The fourth-order valence-corrected chi connectivity index (χ4v) is 2.75. The second-order valence-electron chi connectivity index (χ2n) is 5.29. The predicted octanol–water partition coefficient (Wildman–Crippen LogP) is 4.11. The zero-order valence-corrected chi connectivity index (χ0v) is 12.1. The van der Waals surface area contributed by atoms with E-state index in [2.05, 4.69) is 0 Å². The zero-order chi connectivity index (χ0) is 15.8. The van der Waals surface area contributed by atoms with Gasteiger partial charge in [-0.25, -0.2) is 0 Å². The first-order chi connectivity index (χ1) is 11.2. The van der Waals surface area contributed by atoms with E-state index < -0.39 is 0 Å². The van der Waals surface area contributed by atoms with Crippen molar-refractivity contribution in [2.24, 2.45) is 0 Å². The molecule has 0 aliphatic heterocycles. The topological polar surface area (TPSA) is 60.3 Å². The fourth-order valence-electron chi connectivity index (χ4n) is 2.75. The van der Waals surface area contributed by atoms with Gasteiger partial charge in [0, 0.05) is 0 Å². The van der Waals surface area contributed by atoms with Gasteiger partial charge in [0.25, 0.3) is 5.69 Å². The van der Waals surface area contributed by atoms with Crippen LogP contribution in [-0.4, -0.2) is 5.11 Å². The summed E-state index contributed by atoms with van der Waals surface area (Å²) in [4.78, 5) is 0.453. The van der Waals surface area contributed by atoms with Crippen molar-refractivity contribution in [1.29, 1.82) is 0 Å². The van der Waals surface area contributed by atoms with E-state index >= 15 is 0 Å². The Labute approximate surface area is 132 Å². The monoisotopic (exact) mass is 303 g/mol. The summed E-state index contributed by atoms with van der Waals surface area (Å²) in [5.74, 6) is 0.0424. The number of hydrogen-bond donors (Lipinski definition) is 1. The Morgan fingerprint density at radius 3 is 2.39 bits per heavy atom. The van der Waals surface area contributed by atoms with Crippen LogP contribution >= 0.6 is 0 Å². The molecular formula is C19H13NO3. The van der Waals surface area contributed by atoms with Gasteiger partial charge in [0.1, 0.15) is 5.75 Å². The summed E-state index contributed by atoms with van der Waals surface area (Å²) in [5.41, 5.74) is 3.19. The number of phenols is 1. The molecule has 1 N–H and O–H groups in total. The van der Waals surface area contributed by atoms with Gasteiger partial charge in [-0.3, -0.25) is 5.21 Å². The minimum atomic E-state index is 0.0424. The third-order valence-corrected chi connectivity index (χ3v) is 3.86. The summed E-state index contributed by atoms with van der Waals surface area (Å²) in [6.07, 6.45) is 0. The molecule has 0 saturated carbocycles. The van der Waals surface area contributed by atoms with Crippen LogP contribution in [0.5, 0.6) is 5.75 Å². The number of phenolic OH excluding ortho intramolecular Hbond substituents is 1. The van der Waals surface area contributed by atoms with E-state index in [1.54, 1.807) is 30.3 Å². The maximum absolute atomic E-state index is 12.2. The van der Waals surface area contributed by atoms with Crippen LogP contribution in [0.3, 0.4) is 0 Å². The highest BCUT2D eigenvalue weighted by Crippen LogP contribution is 2.35. The zero-order valence-electron chi connectivity index (χ0n) is 12.1. The van der Waals surface area contributed by atoms with Gasteiger partial charge in [-0.05, 0) is 35.4 Å². The highest BCUT2D eigenvalue weighted by Gasteiger charge is 2.22. The summed E-state index contributed by atoms with van der Waals surface area (Å²) >= 11 is 0. The summed E-state index contributed by atoms with van der Waals surface area (Å²) < 4.78 is 5.20. The highest BCUT2D eigenvalue weighted by molar-refractivity contribution is 5.92. The Hall–Kier alpha value is -3.27. The van der Waals surface area contributed by atoms with E-state index in [-0.39, 0.29) is 5.75 Å². The van der Waals surface area contributed by atoms with Crippen molar-refractivity contribution in [2.45, 2.75) is 0 Å². The van der Waals surface area contributed by atoms with Crippen molar-refractivity contribution in [3.8, 4) is 28.1 Å². The van der Waals surface area contributed by atoms with Crippen LogP contribution in [0.2, 0.25) is 0 Å². The molecule has 0 unspecified atom stereocenters. The molecule has 0 bridgehead atoms. The Morgan fingerprint density at radius 2 is 1.57 bits per heavy atom. The largest absolute Gasteiger partial charge is 0.507 e. The van der Waals surface area contributed by atoms with Crippen molar-refractivity contribution >= 4 is 11.0 Å². The molecule has 0 aliphatic carbocycles. The minimum Gasteiger partial charge on any atom is -0.507 e. The lowest BCUT2D eigenvalue weighted by atomic mass is 9.99. The van der Waals surface area contributed by atoms with E-state index in [9.17, 15) is 10.3 Å². The fraction of sp³-hybridized carbons (Fsp3) is 0. The minimum absolute atomic E-state index is 0.0424. The van der Waals surface area contributed by atoms with Crippen LogP contribution < -0.4 is 4.90 Å². The molecule has 4 aromatic rings. The van der Waals surface area contributed by atoms with Crippen LogP contribution in [0.4, 0.5) is 0 Å². The normalized spacial score (nSPS) is 11.0. The molecule has 0 amide bonds. The van der Waals surface area contributed by atoms with E-state index in [1.807, 2.05) is 42.5 Å². The van der Waals surface area contributed by atoms with Crippen molar-refractivity contribution < 1.29 is 14.5 Å². The molecular weight excluding hydrogens is 290 g/mol. The van der Waals surface area contributed by atoms with Gasteiger partial charge in [-0.1, -0.05) is 48.5 Å². The Kier molecular flexibility index (Phi) is 3.01. The highest BCUT2D eigenvalue weighted by atomic mass is 16.7. The molecule has 0 saturated heterocycles. The third kappa shape index (κ3) is 2.21. The Balaban J connectivity index is 1.96. The second-order valence-corrected chi connectivity index (χ2v) is 5.29. The van der Waals surface area contributed by atoms with Crippen LogP contribution in [0.25, 0.3) is 33.4 Å². The first kappa shape index (κ1) is 13.4. The summed E-state index contributed by atoms with van der Waals surface area (Å²) in [6.45, 7) is 0. The number of para-hydroxylation sites is 1. The molecule has 0 aliphatic rings. The Bertz CT molecular complexity index is 990. The molecule has 0 radical (unpaired) electrons. The van der Waals surface area contributed by atoms with Crippen molar-refractivity contribution in [1.82, 2.24) is 0 Å². The van der Waals surface area contributed by atoms with E-state index in [1.165, 1.54) is 0 Å². The Morgan fingerprint density at radius 1 is 0.826 bits per heavy atom. The van der Waals surface area contributed by atoms with Crippen LogP contribution in [0.15, 0.2) is 77.3 Å². The number of fused-ring (bicyclic) bond motifs is 1. The van der Waals surface area contributed by atoms with E-state index in [0.717, 1.165) is 11.1 Å². The van der Waals surface area contributed by atoms with Gasteiger partial charge in [-0.2, -0.15) is 0 Å². The number of rotatable bonds is 2. The summed E-state index contributed by atoms with van der Waals surface area (Å²) in [5, 5.41) is 23.1. The molecule has 112 valence electrons. The molecule has 23 heavy (non-hydrogen) atoms. The smallest absolute Gasteiger partial charge is 0.288 e. The average molecular weight is 303 g/mol. The maximum atomic E-state index is 12.2. The summed E-state index contributed by atoms with van der Waals surface area (Å²) in [6, 6.07) is 22.2. The van der Waals surface area contributed by atoms with E-state index in [0.29, 0.717) is 27.1 Å². The molecule has 4 heteroatoms. The lowest BCUT2D eigenvalue weighted by molar-refractivity contribution is -0.779. The first-order valence-corrected chi connectivity index (χ1v) is 7.24. The lowest BCUT2D eigenvalue weighted by Gasteiger charge is -2.05. The van der Waals surface area contributed by atoms with Gasteiger partial charge < -0.3 is 9.63 Å². The number of nitrogens with zero attached hydrogens (tertiary/aromatic N) is 1. The molecule has 0 atom stereocenters. The number of hydrogen-bond acceptors (Lipinski definition) is 3. The van der Waals surface area contributed by atoms with Gasteiger partial charge in [0.05, 0.1) is 21.4 Å². The van der Waals surface area contributed by atoms with Crippen molar-refractivity contribution in [3.63, 3.8) is 0 Å². The molecule has 1 aromatic heterocycles. The van der Waals surface area contributed by atoms with Gasteiger partial charge in [-0.15, -0.1) is 0 Å². The molecule has 4 nitrogen and oxygen atoms in total. The van der Waals surface area contributed by atoms with Crippen LogP contribution in [-0.2, 0) is 0 Å². The van der Waals surface area contributed by atoms with Crippen molar-refractivity contribution in [2.75, 3.05) is 0 Å². The SMILES string of the molecule is [O-][n+]1oc2ccccc2c1-c1cc(-c2ccccc2)ccc1O. The number of benzene rings is 3. The van der Waals surface area contributed by atoms with Crippen LogP contribution in [0.1, 0.15) is 0 Å². The number of aromatic nitrogens is 1. The van der Waals surface area contributed by atoms with Gasteiger partial charge >= 0.3 is 0 Å². The maximum Gasteiger partial charge on any atom is 0.288 e. The van der Waals surface area contributed by atoms with Crippen molar-refractivity contribution in [3.05, 3.63) is 78.0 Å². The number of aromatic hydroxyl groups is 1. The molecule has 0 spiro atoms. The van der Waals surface area contributed by atoms with Gasteiger partial charge in [0.2, 0.25) is 0 Å². The quantitative estimate of drug-likeness (QED) is 0.567. The second kappa shape index (κ2) is 5.18. The van der Waals surface area contributed by atoms with Gasteiger partial charge in [0.15, 0.2) is 0 Å². The molecule has 4 rings (SSSR count). The first-order valence-electron chi connectivity index (χ1n) is 7.24. The third-order valence-electron chi connectivity index (χ3n) is 3.86. The molecule has 3 aromatic carbocycles. The predicted molar refractivity (Wildman–Crippen MR) is 87.7 cm³/mol.